The van der Waals surface area contributed by atoms with Gasteiger partial charge in [0.15, 0.2) is 5.43 Å². The number of halogens is 1. The molecule has 4 nitrogen and oxygen atoms in total. The molecule has 2 aromatic rings. The van der Waals surface area contributed by atoms with Gasteiger partial charge in [-0.3, -0.25) is 9.59 Å². The number of benzene rings is 1. The van der Waals surface area contributed by atoms with E-state index in [9.17, 15) is 14.0 Å². The van der Waals surface area contributed by atoms with Crippen LogP contribution in [0.5, 0.6) is 0 Å². The zero-order chi connectivity index (χ0) is 14.0. The zero-order valence-electron chi connectivity index (χ0n) is 10.6. The maximum atomic E-state index is 13.6. The van der Waals surface area contributed by atoms with Crippen molar-refractivity contribution >= 4 is 11.6 Å². The number of aromatic nitrogens is 1. The first-order chi connectivity index (χ1) is 8.97. The summed E-state index contributed by atoms with van der Waals surface area (Å²) in [4.78, 5) is 26.3. The molecule has 98 valence electrons. The van der Waals surface area contributed by atoms with Gasteiger partial charge in [0.1, 0.15) is 11.4 Å². The second kappa shape index (κ2) is 5.06. The molecule has 1 aromatic heterocycles. The Morgan fingerprint density at radius 1 is 1.26 bits per heavy atom. The number of amides is 1. The fraction of sp³-hybridized carbons (Fsp3) is 0.143. The van der Waals surface area contributed by atoms with Crippen LogP contribution in [0, 0.1) is 19.7 Å². The first-order valence-corrected chi connectivity index (χ1v) is 5.74. The van der Waals surface area contributed by atoms with Crippen molar-refractivity contribution in [2.24, 2.45) is 0 Å². The van der Waals surface area contributed by atoms with E-state index >= 15 is 0 Å². The minimum atomic E-state index is -0.635. The van der Waals surface area contributed by atoms with Gasteiger partial charge in [0.25, 0.3) is 5.91 Å². The summed E-state index contributed by atoms with van der Waals surface area (Å²) in [7, 11) is 0. The zero-order valence-corrected chi connectivity index (χ0v) is 10.6. The Labute approximate surface area is 109 Å². The van der Waals surface area contributed by atoms with Crippen molar-refractivity contribution < 1.29 is 9.18 Å². The van der Waals surface area contributed by atoms with Crippen molar-refractivity contribution in [2.45, 2.75) is 13.8 Å². The van der Waals surface area contributed by atoms with Crippen molar-refractivity contribution in [2.75, 3.05) is 5.32 Å². The fourth-order valence-corrected chi connectivity index (χ4v) is 1.66. The summed E-state index contributed by atoms with van der Waals surface area (Å²) < 4.78 is 13.6. The van der Waals surface area contributed by atoms with Gasteiger partial charge in [0.2, 0.25) is 0 Å². The molecule has 1 heterocycles. The molecule has 2 N–H and O–H groups in total. The molecule has 1 amide bonds. The molecular weight excluding hydrogens is 247 g/mol. The fourth-order valence-electron chi connectivity index (χ4n) is 1.66. The maximum absolute atomic E-state index is 13.6. The lowest BCUT2D eigenvalue weighted by atomic mass is 10.2. The third-order valence-electron chi connectivity index (χ3n) is 2.67. The summed E-state index contributed by atoms with van der Waals surface area (Å²) in [6.07, 6.45) is 1.32. The van der Waals surface area contributed by atoms with Crippen LogP contribution >= 0.6 is 0 Å². The van der Waals surface area contributed by atoms with E-state index in [1.165, 1.54) is 24.4 Å². The molecule has 0 aliphatic heterocycles. The van der Waals surface area contributed by atoms with Gasteiger partial charge >= 0.3 is 0 Å². The van der Waals surface area contributed by atoms with Crippen LogP contribution in [0.15, 0.2) is 35.3 Å². The van der Waals surface area contributed by atoms with Crippen LogP contribution in [-0.4, -0.2) is 10.9 Å². The monoisotopic (exact) mass is 260 g/mol. The molecule has 19 heavy (non-hydrogen) atoms. The van der Waals surface area contributed by atoms with Crippen LogP contribution in [0.3, 0.4) is 0 Å². The van der Waals surface area contributed by atoms with Crippen LogP contribution in [0.2, 0.25) is 0 Å². The summed E-state index contributed by atoms with van der Waals surface area (Å²) in [5, 5.41) is 2.38. The molecule has 1 aromatic carbocycles. The molecule has 0 radical (unpaired) electrons. The van der Waals surface area contributed by atoms with Gasteiger partial charge in [-0.25, -0.2) is 4.39 Å². The Kier molecular flexibility index (Phi) is 3.46. The molecule has 0 spiro atoms. The quantitative estimate of drug-likeness (QED) is 0.870. The van der Waals surface area contributed by atoms with E-state index < -0.39 is 17.2 Å². The van der Waals surface area contributed by atoms with Crippen LogP contribution in [0.25, 0.3) is 0 Å². The highest BCUT2D eigenvalue weighted by Crippen LogP contribution is 2.15. The Bertz CT molecular complexity index is 692. The van der Waals surface area contributed by atoms with E-state index in [0.29, 0.717) is 5.69 Å². The van der Waals surface area contributed by atoms with E-state index in [0.717, 1.165) is 5.56 Å². The van der Waals surface area contributed by atoms with Gasteiger partial charge < -0.3 is 10.3 Å². The van der Waals surface area contributed by atoms with Crippen molar-refractivity contribution in [1.82, 2.24) is 4.98 Å². The molecule has 0 saturated carbocycles. The summed E-state index contributed by atoms with van der Waals surface area (Å²) in [5.74, 6) is -1.17. The number of anilines is 1. The lowest BCUT2D eigenvalue weighted by molar-refractivity contribution is 0.102. The van der Waals surface area contributed by atoms with E-state index in [4.69, 9.17) is 0 Å². The molecule has 2 rings (SSSR count). The third kappa shape index (κ3) is 2.88. The summed E-state index contributed by atoms with van der Waals surface area (Å²) in [6, 6.07) is 5.78. The first-order valence-electron chi connectivity index (χ1n) is 5.74. The van der Waals surface area contributed by atoms with Crippen molar-refractivity contribution in [1.29, 1.82) is 0 Å². The second-order valence-corrected chi connectivity index (χ2v) is 4.33. The number of hydrogen-bond donors (Lipinski definition) is 2. The van der Waals surface area contributed by atoms with Crippen LogP contribution in [-0.2, 0) is 0 Å². The largest absolute Gasteiger partial charge is 0.364 e. The van der Waals surface area contributed by atoms with Crippen LogP contribution in [0.1, 0.15) is 21.6 Å². The molecule has 0 fully saturated rings. The number of hydrogen-bond acceptors (Lipinski definition) is 2. The average molecular weight is 260 g/mol. The Balaban J connectivity index is 2.28. The highest BCUT2D eigenvalue weighted by molar-refractivity contribution is 6.04. The minimum Gasteiger partial charge on any atom is -0.364 e. The molecule has 0 atom stereocenters. The van der Waals surface area contributed by atoms with E-state index in [1.807, 2.05) is 0 Å². The summed E-state index contributed by atoms with van der Waals surface area (Å²) >= 11 is 0. The second-order valence-electron chi connectivity index (χ2n) is 4.33. The summed E-state index contributed by atoms with van der Waals surface area (Å²) in [6.45, 7) is 3.46. The standard InChI is InChI=1S/C14H13FN2O2/c1-8-3-4-12(11(15)5-8)17-14(19)10-7-16-9(2)6-13(10)18/h3-7H,1-2H3,(H,16,18)(H,17,19). The van der Waals surface area contributed by atoms with Gasteiger partial charge in [0, 0.05) is 18.0 Å². The van der Waals surface area contributed by atoms with Gasteiger partial charge in [-0.15, -0.1) is 0 Å². The first kappa shape index (κ1) is 13.0. The number of aryl methyl sites for hydroxylation is 2. The number of carbonyl (C=O) groups is 1. The number of carbonyl (C=O) groups excluding carboxylic acids is 1. The topological polar surface area (TPSA) is 62.0 Å². The van der Waals surface area contributed by atoms with Crippen molar-refractivity contribution in [3.8, 4) is 0 Å². The van der Waals surface area contributed by atoms with Gasteiger partial charge in [-0.2, -0.15) is 0 Å². The molecule has 0 saturated heterocycles. The lowest BCUT2D eigenvalue weighted by Gasteiger charge is -2.06. The van der Waals surface area contributed by atoms with E-state index in [1.54, 1.807) is 19.9 Å². The number of rotatable bonds is 2. The third-order valence-corrected chi connectivity index (χ3v) is 2.67. The van der Waals surface area contributed by atoms with E-state index in [-0.39, 0.29) is 11.3 Å². The number of aromatic amines is 1. The molecular formula is C14H13FN2O2. The Morgan fingerprint density at radius 2 is 2.00 bits per heavy atom. The normalized spacial score (nSPS) is 10.3. The molecule has 5 heteroatoms. The predicted octanol–water partition coefficient (Wildman–Crippen LogP) is 2.38. The minimum absolute atomic E-state index is 0.0504. The number of H-pyrrole nitrogens is 1. The molecule has 0 aliphatic rings. The van der Waals surface area contributed by atoms with Gasteiger partial charge in [0.05, 0.1) is 5.69 Å². The summed E-state index contributed by atoms with van der Waals surface area (Å²) in [5.41, 5.74) is 1.01. The van der Waals surface area contributed by atoms with E-state index in [2.05, 4.69) is 10.3 Å². The smallest absolute Gasteiger partial charge is 0.261 e. The number of nitrogens with one attached hydrogen (secondary N) is 2. The highest BCUT2D eigenvalue weighted by Gasteiger charge is 2.12. The van der Waals surface area contributed by atoms with Crippen molar-refractivity contribution in [3.63, 3.8) is 0 Å². The van der Waals surface area contributed by atoms with Crippen molar-refractivity contribution in [3.05, 3.63) is 63.3 Å². The highest BCUT2D eigenvalue weighted by atomic mass is 19.1. The molecule has 0 unspecified atom stereocenters. The SMILES string of the molecule is Cc1ccc(NC(=O)c2c[nH]c(C)cc2=O)c(F)c1. The Hall–Kier alpha value is -2.43. The lowest BCUT2D eigenvalue weighted by Crippen LogP contribution is -2.22. The predicted molar refractivity (Wildman–Crippen MR) is 70.9 cm³/mol. The Morgan fingerprint density at radius 3 is 2.63 bits per heavy atom. The molecule has 0 aliphatic carbocycles. The maximum Gasteiger partial charge on any atom is 0.261 e. The molecule has 0 bridgehead atoms. The van der Waals surface area contributed by atoms with Crippen LogP contribution < -0.4 is 10.7 Å². The average Bonchev–Trinajstić information content (AvgIpc) is 2.32. The number of pyridine rings is 1. The van der Waals surface area contributed by atoms with Gasteiger partial charge in [-0.05, 0) is 31.5 Å². The van der Waals surface area contributed by atoms with Crippen LogP contribution in [0.4, 0.5) is 10.1 Å². The van der Waals surface area contributed by atoms with Gasteiger partial charge in [-0.1, -0.05) is 6.07 Å².